The van der Waals surface area contributed by atoms with E-state index in [2.05, 4.69) is 13.0 Å². The number of hydrogen-bond acceptors (Lipinski definition) is 2. The van der Waals surface area contributed by atoms with Gasteiger partial charge >= 0.3 is 0 Å². The van der Waals surface area contributed by atoms with Crippen LogP contribution in [0.15, 0.2) is 18.2 Å². The summed E-state index contributed by atoms with van der Waals surface area (Å²) in [5.41, 5.74) is 3.29. The van der Waals surface area contributed by atoms with Crippen molar-refractivity contribution in [2.24, 2.45) is 0 Å². The summed E-state index contributed by atoms with van der Waals surface area (Å²) in [5, 5.41) is 9.52. The third kappa shape index (κ3) is 2.22. The van der Waals surface area contributed by atoms with Crippen LogP contribution in [0, 0.1) is 6.92 Å². The number of aryl methyl sites for hydroxylation is 1. The van der Waals surface area contributed by atoms with Crippen LogP contribution in [-0.4, -0.2) is 19.2 Å². The molecule has 0 aliphatic rings. The minimum absolute atomic E-state index is 0.405. The van der Waals surface area contributed by atoms with Gasteiger partial charge in [0.1, 0.15) is 0 Å². The minimum Gasteiger partial charge on any atom is -0.389 e. The van der Waals surface area contributed by atoms with Crippen molar-refractivity contribution in [3.05, 3.63) is 29.3 Å². The van der Waals surface area contributed by atoms with E-state index in [0.717, 1.165) is 11.3 Å². The first kappa shape index (κ1) is 10.1. The molecule has 1 N–H and O–H groups in total. The van der Waals surface area contributed by atoms with Crippen LogP contribution in [-0.2, 0) is 0 Å². The summed E-state index contributed by atoms with van der Waals surface area (Å²) < 4.78 is 0. The molecule has 0 heterocycles. The molecule has 2 heteroatoms. The number of rotatable bonds is 2. The fourth-order valence-corrected chi connectivity index (χ4v) is 1.39. The lowest BCUT2D eigenvalue weighted by Crippen LogP contribution is -2.12. The second-order valence-corrected chi connectivity index (χ2v) is 3.63. The topological polar surface area (TPSA) is 23.5 Å². The fourth-order valence-electron chi connectivity index (χ4n) is 1.39. The van der Waals surface area contributed by atoms with Crippen LogP contribution >= 0.6 is 0 Å². The molecule has 0 fully saturated rings. The second kappa shape index (κ2) is 3.79. The van der Waals surface area contributed by atoms with E-state index in [-0.39, 0.29) is 0 Å². The fraction of sp³-hybridized carbons (Fsp3) is 0.455. The molecule has 0 radical (unpaired) electrons. The Balaban J connectivity index is 3.19. The Morgan fingerprint density at radius 1 is 1.31 bits per heavy atom. The number of aliphatic hydroxyl groups is 1. The van der Waals surface area contributed by atoms with Gasteiger partial charge in [-0.05, 0) is 25.5 Å². The molecule has 0 saturated heterocycles. The minimum atomic E-state index is -0.405. The molecule has 0 spiro atoms. The van der Waals surface area contributed by atoms with Crippen LogP contribution in [0.5, 0.6) is 0 Å². The van der Waals surface area contributed by atoms with Crippen molar-refractivity contribution in [2.75, 3.05) is 19.0 Å². The highest BCUT2D eigenvalue weighted by molar-refractivity contribution is 5.55. The Kier molecular flexibility index (Phi) is 2.94. The van der Waals surface area contributed by atoms with Crippen LogP contribution in [0.4, 0.5) is 5.69 Å². The molecule has 0 amide bonds. The Morgan fingerprint density at radius 2 is 1.92 bits per heavy atom. The van der Waals surface area contributed by atoms with Gasteiger partial charge in [0.05, 0.1) is 6.10 Å². The van der Waals surface area contributed by atoms with Gasteiger partial charge in [0.2, 0.25) is 0 Å². The summed E-state index contributed by atoms with van der Waals surface area (Å²) in [6.07, 6.45) is -0.405. The third-order valence-corrected chi connectivity index (χ3v) is 2.12. The van der Waals surface area contributed by atoms with E-state index >= 15 is 0 Å². The highest BCUT2D eigenvalue weighted by Gasteiger charge is 2.08. The normalized spacial score (nSPS) is 12.7. The largest absolute Gasteiger partial charge is 0.389 e. The van der Waals surface area contributed by atoms with Gasteiger partial charge in [0, 0.05) is 25.3 Å². The lowest BCUT2D eigenvalue weighted by atomic mass is 10.1. The Hall–Kier alpha value is -1.02. The summed E-state index contributed by atoms with van der Waals surface area (Å²) in [5.74, 6) is 0. The Bertz CT molecular complexity index is 292. The molecule has 0 aromatic heterocycles. The summed E-state index contributed by atoms with van der Waals surface area (Å²) in [6.45, 7) is 3.84. The molecule has 72 valence electrons. The molecular formula is C11H17NO. The maximum absolute atomic E-state index is 9.52. The molecule has 0 bridgehead atoms. The maximum atomic E-state index is 9.52. The van der Waals surface area contributed by atoms with Gasteiger partial charge < -0.3 is 10.0 Å². The van der Waals surface area contributed by atoms with Crippen molar-refractivity contribution in [3.8, 4) is 0 Å². The number of nitrogens with zero attached hydrogens (tertiary/aromatic N) is 1. The van der Waals surface area contributed by atoms with E-state index in [0.29, 0.717) is 0 Å². The highest BCUT2D eigenvalue weighted by Crippen LogP contribution is 2.25. The van der Waals surface area contributed by atoms with Gasteiger partial charge in [-0.1, -0.05) is 12.1 Å². The molecule has 2 nitrogen and oxygen atoms in total. The second-order valence-electron chi connectivity index (χ2n) is 3.63. The van der Waals surface area contributed by atoms with E-state index < -0.39 is 6.10 Å². The molecule has 1 rings (SSSR count). The predicted octanol–water partition coefficient (Wildman–Crippen LogP) is 2.11. The smallest absolute Gasteiger partial charge is 0.0781 e. The van der Waals surface area contributed by atoms with Gasteiger partial charge in [-0.25, -0.2) is 0 Å². The lowest BCUT2D eigenvalue weighted by Gasteiger charge is -2.19. The van der Waals surface area contributed by atoms with Crippen molar-refractivity contribution >= 4 is 5.69 Å². The molecule has 1 aromatic carbocycles. The summed E-state index contributed by atoms with van der Waals surface area (Å²) in [4.78, 5) is 2.02. The van der Waals surface area contributed by atoms with Crippen LogP contribution < -0.4 is 4.90 Å². The molecule has 0 aliphatic carbocycles. The number of benzene rings is 1. The third-order valence-electron chi connectivity index (χ3n) is 2.12. The van der Waals surface area contributed by atoms with Crippen LogP contribution in [0.2, 0.25) is 0 Å². The van der Waals surface area contributed by atoms with E-state index in [1.54, 1.807) is 6.92 Å². The van der Waals surface area contributed by atoms with Crippen LogP contribution in [0.3, 0.4) is 0 Å². The van der Waals surface area contributed by atoms with Crippen molar-refractivity contribution in [2.45, 2.75) is 20.0 Å². The molecule has 0 saturated carbocycles. The van der Waals surface area contributed by atoms with Crippen LogP contribution in [0.1, 0.15) is 24.2 Å². The van der Waals surface area contributed by atoms with Gasteiger partial charge in [-0.15, -0.1) is 0 Å². The summed E-state index contributed by atoms with van der Waals surface area (Å²) in [6, 6.07) is 6.09. The molecule has 1 unspecified atom stereocenters. The van der Waals surface area contributed by atoms with Gasteiger partial charge in [-0.2, -0.15) is 0 Å². The zero-order valence-electron chi connectivity index (χ0n) is 8.70. The van der Waals surface area contributed by atoms with E-state index in [9.17, 15) is 5.11 Å². The predicted molar refractivity (Wildman–Crippen MR) is 56.1 cm³/mol. The first-order chi connectivity index (χ1) is 6.02. The molecule has 1 atom stereocenters. The average Bonchev–Trinajstić information content (AvgIpc) is 2.03. The van der Waals surface area contributed by atoms with Gasteiger partial charge in [0.15, 0.2) is 0 Å². The number of aliphatic hydroxyl groups excluding tert-OH is 1. The molecule has 13 heavy (non-hydrogen) atoms. The standard InChI is InChI=1S/C11H17NO/c1-8-5-6-10(9(2)13)11(7-8)12(3)4/h5-7,9,13H,1-4H3. The van der Waals surface area contributed by atoms with Gasteiger partial charge in [0.25, 0.3) is 0 Å². The van der Waals surface area contributed by atoms with Crippen molar-refractivity contribution in [1.29, 1.82) is 0 Å². The monoisotopic (exact) mass is 179 g/mol. The number of anilines is 1. The summed E-state index contributed by atoms with van der Waals surface area (Å²) >= 11 is 0. The molecular weight excluding hydrogens is 162 g/mol. The SMILES string of the molecule is Cc1ccc(C(C)O)c(N(C)C)c1. The van der Waals surface area contributed by atoms with E-state index in [1.807, 2.05) is 31.1 Å². The first-order valence-electron chi connectivity index (χ1n) is 4.48. The van der Waals surface area contributed by atoms with Crippen molar-refractivity contribution in [3.63, 3.8) is 0 Å². The molecule has 1 aromatic rings. The Labute approximate surface area is 79.8 Å². The van der Waals surface area contributed by atoms with E-state index in [4.69, 9.17) is 0 Å². The highest BCUT2D eigenvalue weighted by atomic mass is 16.3. The summed E-state index contributed by atoms with van der Waals surface area (Å²) in [7, 11) is 3.97. The first-order valence-corrected chi connectivity index (χ1v) is 4.48. The van der Waals surface area contributed by atoms with Gasteiger partial charge in [-0.3, -0.25) is 0 Å². The maximum Gasteiger partial charge on any atom is 0.0781 e. The Morgan fingerprint density at radius 3 is 2.38 bits per heavy atom. The van der Waals surface area contributed by atoms with Crippen LogP contribution in [0.25, 0.3) is 0 Å². The van der Waals surface area contributed by atoms with E-state index in [1.165, 1.54) is 5.56 Å². The van der Waals surface area contributed by atoms with Crippen molar-refractivity contribution in [1.82, 2.24) is 0 Å². The number of hydrogen-bond donors (Lipinski definition) is 1. The average molecular weight is 179 g/mol. The lowest BCUT2D eigenvalue weighted by molar-refractivity contribution is 0.199. The van der Waals surface area contributed by atoms with Crippen molar-refractivity contribution < 1.29 is 5.11 Å². The zero-order valence-corrected chi connectivity index (χ0v) is 8.70. The zero-order chi connectivity index (χ0) is 10.0. The molecule has 0 aliphatic heterocycles. The quantitative estimate of drug-likeness (QED) is 0.751.